The number of nitrogens with zero attached hydrogens (tertiary/aromatic N) is 6. The van der Waals surface area contributed by atoms with Gasteiger partial charge in [0.15, 0.2) is 5.82 Å². The van der Waals surface area contributed by atoms with Gasteiger partial charge in [-0.3, -0.25) is 38.2 Å². The molecule has 1 aliphatic carbocycles. The van der Waals surface area contributed by atoms with E-state index in [1.165, 1.54) is 4.57 Å². The molecule has 4 heterocycles. The van der Waals surface area contributed by atoms with Crippen molar-refractivity contribution in [1.29, 1.82) is 0 Å². The Morgan fingerprint density at radius 3 is 2.50 bits per heavy atom. The van der Waals surface area contributed by atoms with Crippen LogP contribution in [0.15, 0.2) is 41.5 Å². The van der Waals surface area contributed by atoms with Gasteiger partial charge in [-0.2, -0.15) is 10.2 Å². The molecule has 15 nitrogen and oxygen atoms in total. The van der Waals surface area contributed by atoms with Crippen LogP contribution in [-0.2, 0) is 51.1 Å². The van der Waals surface area contributed by atoms with E-state index in [2.05, 4.69) is 41.8 Å². The molecule has 302 valence electrons. The lowest BCUT2D eigenvalue weighted by atomic mass is 10.0. The van der Waals surface area contributed by atoms with E-state index in [4.69, 9.17) is 9.84 Å². The summed E-state index contributed by atoms with van der Waals surface area (Å²) in [6, 6.07) is 7.26. The first-order chi connectivity index (χ1) is 26.7. The van der Waals surface area contributed by atoms with Crippen molar-refractivity contribution in [3.63, 3.8) is 0 Å². The minimum atomic E-state index is -0.683. The number of unbranched alkanes of at least 4 members (excludes halogenated alkanes) is 4. The number of piperidine rings is 1. The van der Waals surface area contributed by atoms with Gasteiger partial charge in [0.25, 0.3) is 0 Å². The Kier molecular flexibility index (Phi) is 12.5. The molecular formula is C41H57N9O6. The molecule has 1 unspecified atom stereocenters. The number of fused-ring (bicyclic) bond motifs is 1. The number of imide groups is 1. The Morgan fingerprint density at radius 2 is 1.75 bits per heavy atom. The first-order valence-electron chi connectivity index (χ1n) is 20.1. The number of aromatic nitrogens is 6. The summed E-state index contributed by atoms with van der Waals surface area (Å²) < 4.78 is 12.6. The van der Waals surface area contributed by atoms with Crippen LogP contribution in [0, 0.1) is 0 Å². The molecule has 1 aliphatic heterocycles. The van der Waals surface area contributed by atoms with Crippen molar-refractivity contribution in [1.82, 2.24) is 39.3 Å². The van der Waals surface area contributed by atoms with Crippen LogP contribution >= 0.6 is 0 Å². The van der Waals surface area contributed by atoms with E-state index in [1.807, 2.05) is 53.7 Å². The molecule has 1 aromatic carbocycles. The van der Waals surface area contributed by atoms with Crippen molar-refractivity contribution >= 4 is 40.7 Å². The van der Waals surface area contributed by atoms with Crippen molar-refractivity contribution < 1.29 is 23.9 Å². The highest BCUT2D eigenvalue weighted by molar-refractivity contribution is 6.00. The third-order valence-corrected chi connectivity index (χ3v) is 10.7. The molecule has 4 amide bonds. The quantitative estimate of drug-likeness (QED) is 0.103. The molecule has 2 aliphatic rings. The number of imidazole rings is 1. The summed E-state index contributed by atoms with van der Waals surface area (Å²) >= 11 is 0. The van der Waals surface area contributed by atoms with Gasteiger partial charge < -0.3 is 15.4 Å². The molecular weight excluding hydrogens is 715 g/mol. The van der Waals surface area contributed by atoms with Crippen LogP contribution in [-0.4, -0.2) is 64.7 Å². The maximum atomic E-state index is 13.1. The van der Waals surface area contributed by atoms with Gasteiger partial charge in [-0.1, -0.05) is 25.3 Å². The van der Waals surface area contributed by atoms with Crippen LogP contribution in [0.2, 0.25) is 0 Å². The van der Waals surface area contributed by atoms with Crippen LogP contribution in [0.25, 0.3) is 11.0 Å². The molecule has 3 aromatic heterocycles. The lowest BCUT2D eigenvalue weighted by Crippen LogP contribution is -2.44. The molecule has 3 N–H and O–H groups in total. The Bertz CT molecular complexity index is 2120. The first-order valence-corrected chi connectivity index (χ1v) is 20.1. The molecule has 6 rings (SSSR count). The molecule has 0 radical (unpaired) electrons. The lowest BCUT2D eigenvalue weighted by molar-refractivity contribution is -0.135. The Balaban J connectivity index is 0.921. The van der Waals surface area contributed by atoms with Crippen LogP contribution in [0.5, 0.6) is 0 Å². The lowest BCUT2D eigenvalue weighted by Gasteiger charge is -2.24. The summed E-state index contributed by atoms with van der Waals surface area (Å²) in [6.07, 6.45) is 12.4. The molecule has 0 spiro atoms. The largest absolute Gasteiger partial charge is 0.446 e. The standard InChI is InChI=1S/C41H57N9O6/c1-26(2)43-39(54)56-30-15-14-29(22-30)33-23-35(46-50(33)41(3,4)5)44-37(52)21-28-24-42-48(25-28)19-11-9-7-8-10-12-27-13-16-31-34(20-27)47(6)40(55)49(31)32-17-18-36(51)45-38(32)53/h13,16,20,23-26,29-30,32H,7-12,14-15,17-19,21-22H2,1-6H3,(H,43,54)(H,44,46,52)(H,45,51,53)/t29-,30+,32?/m0/s1. The summed E-state index contributed by atoms with van der Waals surface area (Å²) in [5, 5.41) is 17.4. The second kappa shape index (κ2) is 17.3. The maximum Gasteiger partial charge on any atom is 0.407 e. The number of carbonyl (C=O) groups excluding carboxylic acids is 4. The third kappa shape index (κ3) is 9.77. The Morgan fingerprint density at radius 1 is 0.982 bits per heavy atom. The van der Waals surface area contributed by atoms with Crippen LogP contribution in [0.1, 0.15) is 128 Å². The Labute approximate surface area is 327 Å². The molecule has 1 saturated heterocycles. The predicted molar refractivity (Wildman–Crippen MR) is 212 cm³/mol. The van der Waals surface area contributed by atoms with Crippen molar-refractivity contribution in [2.45, 2.75) is 148 Å². The maximum absolute atomic E-state index is 13.1. The summed E-state index contributed by atoms with van der Waals surface area (Å²) in [7, 11) is 1.72. The highest BCUT2D eigenvalue weighted by Gasteiger charge is 2.34. The molecule has 56 heavy (non-hydrogen) atoms. The highest BCUT2D eigenvalue weighted by Crippen LogP contribution is 2.38. The summed E-state index contributed by atoms with van der Waals surface area (Å²) in [4.78, 5) is 62.4. The van der Waals surface area contributed by atoms with Gasteiger partial charge >= 0.3 is 11.8 Å². The first kappa shape index (κ1) is 40.5. The van der Waals surface area contributed by atoms with E-state index in [0.717, 1.165) is 80.2 Å². The summed E-state index contributed by atoms with van der Waals surface area (Å²) in [5.74, 6) is -0.193. The topological polar surface area (TPSA) is 176 Å². The minimum absolute atomic E-state index is 0.0177. The number of rotatable bonds is 15. The van der Waals surface area contributed by atoms with Crippen molar-refractivity contribution in [2.24, 2.45) is 7.05 Å². The van der Waals surface area contributed by atoms with Crippen LogP contribution in [0.3, 0.4) is 0 Å². The van der Waals surface area contributed by atoms with Gasteiger partial charge in [0.1, 0.15) is 12.1 Å². The number of anilines is 1. The van der Waals surface area contributed by atoms with E-state index in [9.17, 15) is 24.0 Å². The number of hydrogen-bond donors (Lipinski definition) is 3. The fraction of sp³-hybridized carbons (Fsp3) is 0.585. The zero-order valence-electron chi connectivity index (χ0n) is 33.6. The number of amides is 4. The number of hydrogen-bond acceptors (Lipinski definition) is 8. The van der Waals surface area contributed by atoms with E-state index in [1.54, 1.807) is 17.8 Å². The fourth-order valence-electron chi connectivity index (χ4n) is 7.94. The second-order valence-corrected chi connectivity index (χ2v) is 16.7. The second-order valence-electron chi connectivity index (χ2n) is 16.7. The number of carbonyl (C=O) groups is 4. The molecule has 15 heteroatoms. The normalized spacial score (nSPS) is 18.8. The summed E-state index contributed by atoms with van der Waals surface area (Å²) in [6.45, 7) is 10.8. The van der Waals surface area contributed by atoms with Gasteiger partial charge in [0.05, 0.1) is 29.2 Å². The van der Waals surface area contributed by atoms with E-state index >= 15 is 0 Å². The van der Waals surface area contributed by atoms with Crippen LogP contribution in [0.4, 0.5) is 10.6 Å². The van der Waals surface area contributed by atoms with Crippen molar-refractivity contribution in [2.75, 3.05) is 5.32 Å². The number of alkyl carbamates (subject to hydrolysis) is 1. The van der Waals surface area contributed by atoms with E-state index < -0.39 is 11.9 Å². The number of ether oxygens (including phenoxy) is 1. The minimum Gasteiger partial charge on any atom is -0.446 e. The van der Waals surface area contributed by atoms with E-state index in [0.29, 0.717) is 24.2 Å². The van der Waals surface area contributed by atoms with Gasteiger partial charge in [-0.25, -0.2) is 9.59 Å². The smallest absolute Gasteiger partial charge is 0.407 e. The SMILES string of the molecule is CC(C)NC(=O)O[C@@H]1CC[C@H](c2cc(NC(=O)Cc3cnn(CCCCCCCc4ccc5c(c4)n(C)c(=O)n5C4CCC(=O)NC4=O)c3)nn2C(C)(C)C)C1. The third-order valence-electron chi connectivity index (χ3n) is 10.7. The highest BCUT2D eigenvalue weighted by atomic mass is 16.6. The number of benzene rings is 1. The fourth-order valence-corrected chi connectivity index (χ4v) is 7.94. The molecule has 4 aromatic rings. The molecule has 3 atom stereocenters. The van der Waals surface area contributed by atoms with Gasteiger partial charge in [-0.05, 0) is 103 Å². The zero-order chi connectivity index (χ0) is 40.1. The van der Waals surface area contributed by atoms with Gasteiger partial charge in [-0.15, -0.1) is 0 Å². The van der Waals surface area contributed by atoms with Gasteiger partial charge in [0.2, 0.25) is 17.7 Å². The van der Waals surface area contributed by atoms with Crippen molar-refractivity contribution in [3.8, 4) is 0 Å². The zero-order valence-corrected chi connectivity index (χ0v) is 33.6. The summed E-state index contributed by atoms with van der Waals surface area (Å²) in [5.41, 5.74) is 3.96. The van der Waals surface area contributed by atoms with Crippen LogP contribution < -0.4 is 21.6 Å². The average molecular weight is 772 g/mol. The monoisotopic (exact) mass is 771 g/mol. The van der Waals surface area contributed by atoms with Gasteiger partial charge in [0, 0.05) is 49.9 Å². The molecule has 0 bridgehead atoms. The molecule has 1 saturated carbocycles. The van der Waals surface area contributed by atoms with E-state index in [-0.39, 0.29) is 60.0 Å². The Hall–Kier alpha value is -5.21. The number of aryl methyl sites for hydroxylation is 3. The predicted octanol–water partition coefficient (Wildman–Crippen LogP) is 5.61. The number of nitrogens with one attached hydrogen (secondary N) is 3. The van der Waals surface area contributed by atoms with Crippen molar-refractivity contribution in [3.05, 3.63) is 64.0 Å². The average Bonchev–Trinajstić information content (AvgIpc) is 3.92. The molecule has 2 fully saturated rings.